The van der Waals surface area contributed by atoms with Gasteiger partial charge in [0, 0.05) is 36.7 Å². The summed E-state index contributed by atoms with van der Waals surface area (Å²) in [6, 6.07) is 6.13. The fourth-order valence-corrected chi connectivity index (χ4v) is 2.79. The molecule has 1 heterocycles. The Hall–Kier alpha value is -2.15. The molecule has 0 radical (unpaired) electrons. The first-order chi connectivity index (χ1) is 11.7. The average molecular weight is 350 g/mol. The number of nitrogens with one attached hydrogen (secondary N) is 2. The molecule has 0 saturated carbocycles. The lowest BCUT2D eigenvalue weighted by Crippen LogP contribution is -2.39. The van der Waals surface area contributed by atoms with Gasteiger partial charge in [-0.05, 0) is 26.0 Å². The van der Waals surface area contributed by atoms with Crippen molar-refractivity contribution < 1.29 is 9.13 Å². The van der Waals surface area contributed by atoms with Crippen molar-refractivity contribution in [1.82, 2.24) is 15.6 Å². The van der Waals surface area contributed by atoms with E-state index >= 15 is 0 Å². The van der Waals surface area contributed by atoms with Gasteiger partial charge in [-0.25, -0.2) is 9.37 Å². The van der Waals surface area contributed by atoms with E-state index < -0.39 is 0 Å². The van der Waals surface area contributed by atoms with Crippen molar-refractivity contribution in [2.45, 2.75) is 20.3 Å². The maximum absolute atomic E-state index is 13.1. The number of halogens is 1. The van der Waals surface area contributed by atoms with Gasteiger partial charge in [0.05, 0.1) is 11.6 Å². The van der Waals surface area contributed by atoms with Crippen LogP contribution in [0.2, 0.25) is 0 Å². The molecule has 24 heavy (non-hydrogen) atoms. The van der Waals surface area contributed by atoms with Gasteiger partial charge in [-0.1, -0.05) is 6.07 Å². The standard InChI is InChI=1S/C17H23FN4OS/c1-3-19-17(20-8-7-16-22-12-13(2)24-16)21-9-10-23-15-6-4-5-14(18)11-15/h4-6,11-12H,3,7-10H2,1-2H3,(H2,19,20,21). The molecule has 0 bridgehead atoms. The highest BCUT2D eigenvalue weighted by Gasteiger charge is 2.01. The molecule has 0 fully saturated rings. The number of hydrogen-bond donors (Lipinski definition) is 2. The van der Waals surface area contributed by atoms with Crippen molar-refractivity contribution >= 4 is 17.3 Å². The zero-order chi connectivity index (χ0) is 17.2. The Labute approximate surface area is 146 Å². The third kappa shape index (κ3) is 6.54. The molecule has 0 spiro atoms. The van der Waals surface area contributed by atoms with Gasteiger partial charge >= 0.3 is 0 Å². The Morgan fingerprint density at radius 2 is 2.25 bits per heavy atom. The third-order valence-corrected chi connectivity index (χ3v) is 4.04. The Balaban J connectivity index is 1.72. The van der Waals surface area contributed by atoms with E-state index in [1.807, 2.05) is 13.1 Å². The summed E-state index contributed by atoms with van der Waals surface area (Å²) >= 11 is 1.70. The fraction of sp³-hybridized carbons (Fsp3) is 0.412. The molecule has 1 aromatic carbocycles. The van der Waals surface area contributed by atoms with E-state index in [9.17, 15) is 4.39 Å². The number of aryl methyl sites for hydroxylation is 1. The van der Waals surface area contributed by atoms with E-state index in [4.69, 9.17) is 4.74 Å². The maximum atomic E-state index is 13.1. The number of benzene rings is 1. The molecular formula is C17H23FN4OS. The first-order valence-corrected chi connectivity index (χ1v) is 8.81. The van der Waals surface area contributed by atoms with E-state index in [-0.39, 0.29) is 5.82 Å². The number of hydrogen-bond acceptors (Lipinski definition) is 4. The van der Waals surface area contributed by atoms with Gasteiger partial charge in [0.15, 0.2) is 5.96 Å². The van der Waals surface area contributed by atoms with Crippen LogP contribution in [0.3, 0.4) is 0 Å². The van der Waals surface area contributed by atoms with Crippen LogP contribution < -0.4 is 15.4 Å². The number of aromatic nitrogens is 1. The summed E-state index contributed by atoms with van der Waals surface area (Å²) in [5.74, 6) is 0.972. The Morgan fingerprint density at radius 1 is 1.38 bits per heavy atom. The number of nitrogens with zero attached hydrogens (tertiary/aromatic N) is 2. The fourth-order valence-electron chi connectivity index (χ4n) is 2.02. The summed E-state index contributed by atoms with van der Waals surface area (Å²) in [6.07, 6.45) is 2.71. The van der Waals surface area contributed by atoms with Crippen LogP contribution in [-0.2, 0) is 6.42 Å². The molecule has 7 heteroatoms. The monoisotopic (exact) mass is 350 g/mol. The van der Waals surface area contributed by atoms with Gasteiger partial charge < -0.3 is 15.4 Å². The zero-order valence-electron chi connectivity index (χ0n) is 14.0. The normalized spacial score (nSPS) is 11.4. The van der Waals surface area contributed by atoms with E-state index in [1.54, 1.807) is 23.5 Å². The van der Waals surface area contributed by atoms with Crippen LogP contribution in [-0.4, -0.2) is 37.2 Å². The van der Waals surface area contributed by atoms with Gasteiger partial charge in [0.1, 0.15) is 18.2 Å². The van der Waals surface area contributed by atoms with Crippen LogP contribution in [0.4, 0.5) is 4.39 Å². The lowest BCUT2D eigenvalue weighted by Gasteiger charge is -2.12. The topological polar surface area (TPSA) is 58.5 Å². The molecule has 0 atom stereocenters. The van der Waals surface area contributed by atoms with Gasteiger partial charge in [-0.2, -0.15) is 0 Å². The summed E-state index contributed by atoms with van der Waals surface area (Å²) < 4.78 is 18.6. The Kier molecular flexibility index (Phi) is 7.48. The zero-order valence-corrected chi connectivity index (χ0v) is 14.8. The molecule has 0 amide bonds. The molecule has 2 rings (SSSR count). The largest absolute Gasteiger partial charge is 0.492 e. The van der Waals surface area contributed by atoms with Gasteiger partial charge in [0.2, 0.25) is 0 Å². The molecule has 2 aromatic rings. The van der Waals surface area contributed by atoms with Crippen LogP contribution in [0.5, 0.6) is 5.75 Å². The minimum atomic E-state index is -0.298. The molecule has 0 saturated heterocycles. The second-order valence-electron chi connectivity index (χ2n) is 5.11. The van der Waals surface area contributed by atoms with Crippen LogP contribution in [0.15, 0.2) is 35.5 Å². The highest BCUT2D eigenvalue weighted by Crippen LogP contribution is 2.12. The van der Waals surface area contributed by atoms with Crippen molar-refractivity contribution in [3.63, 3.8) is 0 Å². The second-order valence-corrected chi connectivity index (χ2v) is 6.43. The number of guanidine groups is 1. The van der Waals surface area contributed by atoms with Gasteiger partial charge in [0.25, 0.3) is 0 Å². The predicted molar refractivity (Wildman–Crippen MR) is 96.4 cm³/mol. The first kappa shape index (κ1) is 18.2. The SMILES string of the molecule is CCNC(=NCCc1ncc(C)s1)NCCOc1cccc(F)c1. The van der Waals surface area contributed by atoms with Crippen LogP contribution in [0.25, 0.3) is 0 Å². The van der Waals surface area contributed by atoms with Gasteiger partial charge in [-0.3, -0.25) is 4.99 Å². The highest BCUT2D eigenvalue weighted by atomic mass is 32.1. The van der Waals surface area contributed by atoms with Crippen molar-refractivity contribution in [1.29, 1.82) is 0 Å². The van der Waals surface area contributed by atoms with Crippen molar-refractivity contribution in [2.24, 2.45) is 4.99 Å². The Bertz CT molecular complexity index is 660. The smallest absolute Gasteiger partial charge is 0.191 e. The van der Waals surface area contributed by atoms with E-state index in [2.05, 4.69) is 27.5 Å². The summed E-state index contributed by atoms with van der Waals surface area (Å²) in [7, 11) is 0. The summed E-state index contributed by atoms with van der Waals surface area (Å²) in [5.41, 5.74) is 0. The Morgan fingerprint density at radius 3 is 2.96 bits per heavy atom. The highest BCUT2D eigenvalue weighted by molar-refractivity contribution is 7.11. The molecule has 130 valence electrons. The molecule has 0 aliphatic rings. The lowest BCUT2D eigenvalue weighted by molar-refractivity contribution is 0.320. The summed E-state index contributed by atoms with van der Waals surface area (Å²) in [6.45, 7) is 6.54. The summed E-state index contributed by atoms with van der Waals surface area (Å²) in [5, 5.41) is 7.49. The average Bonchev–Trinajstić information content (AvgIpc) is 2.97. The van der Waals surface area contributed by atoms with E-state index in [1.165, 1.54) is 17.0 Å². The molecule has 0 aliphatic carbocycles. The van der Waals surface area contributed by atoms with Crippen LogP contribution >= 0.6 is 11.3 Å². The number of ether oxygens (including phenoxy) is 1. The van der Waals surface area contributed by atoms with Crippen molar-refractivity contribution in [2.75, 3.05) is 26.2 Å². The number of aliphatic imine (C=N–C) groups is 1. The van der Waals surface area contributed by atoms with Crippen molar-refractivity contribution in [3.05, 3.63) is 46.2 Å². The molecule has 5 nitrogen and oxygen atoms in total. The molecular weight excluding hydrogens is 327 g/mol. The summed E-state index contributed by atoms with van der Waals surface area (Å²) in [4.78, 5) is 10.1. The van der Waals surface area contributed by atoms with Crippen molar-refractivity contribution in [3.8, 4) is 5.75 Å². The molecule has 1 aromatic heterocycles. The number of rotatable bonds is 8. The second kappa shape index (κ2) is 9.87. The molecule has 0 unspecified atom stereocenters. The number of thiazole rings is 1. The van der Waals surface area contributed by atoms with Crippen LogP contribution in [0.1, 0.15) is 16.8 Å². The van der Waals surface area contributed by atoms with Gasteiger partial charge in [-0.15, -0.1) is 11.3 Å². The third-order valence-electron chi connectivity index (χ3n) is 3.07. The van der Waals surface area contributed by atoms with Crippen LogP contribution in [0, 0.1) is 12.7 Å². The van der Waals surface area contributed by atoms with E-state index in [0.717, 1.165) is 23.9 Å². The maximum Gasteiger partial charge on any atom is 0.191 e. The molecule has 0 aliphatic heterocycles. The van der Waals surface area contributed by atoms with E-state index in [0.29, 0.717) is 25.4 Å². The quantitative estimate of drug-likeness (QED) is 0.437. The predicted octanol–water partition coefficient (Wildman–Crippen LogP) is 2.77. The minimum Gasteiger partial charge on any atom is -0.492 e. The lowest BCUT2D eigenvalue weighted by atomic mass is 10.3. The first-order valence-electron chi connectivity index (χ1n) is 7.99. The molecule has 2 N–H and O–H groups in total. The minimum absolute atomic E-state index is 0.298.